The van der Waals surface area contributed by atoms with Crippen LogP contribution in [-0.2, 0) is 5.41 Å². The van der Waals surface area contributed by atoms with Crippen LogP contribution in [0.3, 0.4) is 0 Å². The Labute approximate surface area is 125 Å². The lowest BCUT2D eigenvalue weighted by atomic mass is 9.90. The highest BCUT2D eigenvalue weighted by Gasteiger charge is 2.19. The van der Waals surface area contributed by atoms with E-state index in [0.717, 1.165) is 11.4 Å². The molecule has 0 unspecified atom stereocenters. The summed E-state index contributed by atoms with van der Waals surface area (Å²) >= 11 is 0. The minimum absolute atomic E-state index is 0.116. The van der Waals surface area contributed by atoms with Crippen molar-refractivity contribution in [1.29, 1.82) is 0 Å². The van der Waals surface area contributed by atoms with Gasteiger partial charge in [0, 0.05) is 29.4 Å². The molecule has 0 bridgehead atoms. The van der Waals surface area contributed by atoms with Gasteiger partial charge in [-0.2, -0.15) is 0 Å². The van der Waals surface area contributed by atoms with Gasteiger partial charge in [-0.25, -0.2) is 4.98 Å². The van der Waals surface area contributed by atoms with E-state index in [2.05, 4.69) is 36.4 Å². The zero-order valence-electron chi connectivity index (χ0n) is 12.9. The van der Waals surface area contributed by atoms with E-state index in [-0.39, 0.29) is 11.3 Å². The van der Waals surface area contributed by atoms with Crippen LogP contribution in [0.1, 0.15) is 36.8 Å². The number of pyridine rings is 1. The smallest absolute Gasteiger partial charge is 0.255 e. The minimum atomic E-state index is -0.134. The van der Waals surface area contributed by atoms with Crippen molar-refractivity contribution in [2.24, 2.45) is 0 Å². The zero-order chi connectivity index (χ0) is 15.5. The van der Waals surface area contributed by atoms with Gasteiger partial charge in [0.1, 0.15) is 5.82 Å². The number of nitrogens with zero attached hydrogens (tertiary/aromatic N) is 1. The maximum Gasteiger partial charge on any atom is 0.255 e. The van der Waals surface area contributed by atoms with Gasteiger partial charge in [0.15, 0.2) is 0 Å². The first kappa shape index (κ1) is 15.0. The summed E-state index contributed by atoms with van der Waals surface area (Å²) in [6.07, 6.45) is 0. The summed E-state index contributed by atoms with van der Waals surface area (Å²) in [4.78, 5) is 16.9. The van der Waals surface area contributed by atoms with Gasteiger partial charge in [-0.15, -0.1) is 0 Å². The molecule has 0 aliphatic carbocycles. The first-order valence-corrected chi connectivity index (χ1v) is 6.97. The lowest BCUT2D eigenvalue weighted by Gasteiger charge is -2.19. The summed E-state index contributed by atoms with van der Waals surface area (Å²) in [6, 6.07) is 13.0. The van der Waals surface area contributed by atoms with Gasteiger partial charge in [-0.3, -0.25) is 4.79 Å². The molecule has 0 spiro atoms. The van der Waals surface area contributed by atoms with Crippen molar-refractivity contribution >= 4 is 17.4 Å². The highest BCUT2D eigenvalue weighted by Crippen LogP contribution is 2.23. The number of carbonyl (C=O) groups is 1. The van der Waals surface area contributed by atoms with Crippen molar-refractivity contribution in [1.82, 2.24) is 4.98 Å². The molecule has 0 saturated carbocycles. The maximum absolute atomic E-state index is 12.4. The van der Waals surface area contributed by atoms with E-state index >= 15 is 0 Å². The van der Waals surface area contributed by atoms with Gasteiger partial charge < -0.3 is 10.6 Å². The molecule has 1 heterocycles. The number of anilines is 2. The fourth-order valence-electron chi connectivity index (χ4n) is 1.90. The topological polar surface area (TPSA) is 54.0 Å². The van der Waals surface area contributed by atoms with Gasteiger partial charge in [0.05, 0.1) is 0 Å². The summed E-state index contributed by atoms with van der Waals surface area (Å²) in [7, 11) is 1.80. The molecule has 2 N–H and O–H groups in total. The second-order valence-electron chi connectivity index (χ2n) is 5.95. The minimum Gasteiger partial charge on any atom is -0.373 e. The zero-order valence-corrected chi connectivity index (χ0v) is 12.9. The van der Waals surface area contributed by atoms with Crippen molar-refractivity contribution in [2.75, 3.05) is 17.7 Å². The molecule has 110 valence electrons. The maximum atomic E-state index is 12.4. The molecule has 1 aromatic carbocycles. The fourth-order valence-corrected chi connectivity index (χ4v) is 1.90. The van der Waals surface area contributed by atoms with Crippen LogP contribution in [0.15, 0.2) is 42.5 Å². The fraction of sp³-hybridized carbons (Fsp3) is 0.294. The van der Waals surface area contributed by atoms with Crippen molar-refractivity contribution in [3.05, 3.63) is 53.7 Å². The molecule has 4 heteroatoms. The number of aromatic nitrogens is 1. The van der Waals surface area contributed by atoms with Crippen LogP contribution >= 0.6 is 0 Å². The highest BCUT2D eigenvalue weighted by molar-refractivity contribution is 6.04. The Morgan fingerprint density at radius 2 is 1.76 bits per heavy atom. The SMILES string of the molecule is CNc1cc(C(=O)Nc2ccccc2)cc(C(C)(C)C)n1. The molecule has 0 aliphatic heterocycles. The Kier molecular flexibility index (Phi) is 4.26. The lowest BCUT2D eigenvalue weighted by molar-refractivity contribution is 0.102. The van der Waals surface area contributed by atoms with Gasteiger partial charge in [0.2, 0.25) is 0 Å². The van der Waals surface area contributed by atoms with Gasteiger partial charge in [-0.05, 0) is 24.3 Å². The van der Waals surface area contributed by atoms with Crippen LogP contribution in [-0.4, -0.2) is 17.9 Å². The summed E-state index contributed by atoms with van der Waals surface area (Å²) in [6.45, 7) is 6.23. The molecule has 2 aromatic rings. The van der Waals surface area contributed by atoms with Crippen LogP contribution in [0.4, 0.5) is 11.5 Å². The monoisotopic (exact) mass is 283 g/mol. The van der Waals surface area contributed by atoms with E-state index in [4.69, 9.17) is 0 Å². The second kappa shape index (κ2) is 5.95. The van der Waals surface area contributed by atoms with Crippen LogP contribution in [0.2, 0.25) is 0 Å². The highest BCUT2D eigenvalue weighted by atomic mass is 16.1. The van der Waals surface area contributed by atoms with E-state index in [1.54, 1.807) is 13.1 Å². The predicted molar refractivity (Wildman–Crippen MR) is 86.9 cm³/mol. The molecule has 0 saturated heterocycles. The number of hydrogen-bond acceptors (Lipinski definition) is 3. The molecular weight excluding hydrogens is 262 g/mol. The van der Waals surface area contributed by atoms with Gasteiger partial charge >= 0.3 is 0 Å². The standard InChI is InChI=1S/C17H21N3O/c1-17(2,3)14-10-12(11-15(18-4)20-14)16(21)19-13-8-6-5-7-9-13/h5-11H,1-4H3,(H,18,20)(H,19,21). The van der Waals surface area contributed by atoms with Crippen LogP contribution in [0.25, 0.3) is 0 Å². The molecule has 2 rings (SSSR count). The molecule has 0 fully saturated rings. The van der Waals surface area contributed by atoms with E-state index in [1.807, 2.05) is 36.4 Å². The van der Waals surface area contributed by atoms with E-state index in [9.17, 15) is 4.79 Å². The number of hydrogen-bond donors (Lipinski definition) is 2. The molecular formula is C17H21N3O. The molecule has 1 amide bonds. The number of para-hydroxylation sites is 1. The third-order valence-corrected chi connectivity index (χ3v) is 3.14. The predicted octanol–water partition coefficient (Wildman–Crippen LogP) is 3.67. The molecule has 0 radical (unpaired) electrons. The third kappa shape index (κ3) is 3.81. The Hall–Kier alpha value is -2.36. The Bertz CT molecular complexity index is 630. The summed E-state index contributed by atoms with van der Waals surface area (Å²) in [5, 5.41) is 5.90. The number of rotatable bonds is 3. The average Bonchev–Trinajstić information content (AvgIpc) is 2.46. The van der Waals surface area contributed by atoms with E-state index in [1.165, 1.54) is 0 Å². The Morgan fingerprint density at radius 1 is 1.10 bits per heavy atom. The number of carbonyl (C=O) groups excluding carboxylic acids is 1. The summed E-state index contributed by atoms with van der Waals surface area (Å²) < 4.78 is 0. The summed E-state index contributed by atoms with van der Waals surface area (Å²) in [5.41, 5.74) is 2.15. The number of nitrogens with one attached hydrogen (secondary N) is 2. The summed E-state index contributed by atoms with van der Waals surface area (Å²) in [5.74, 6) is 0.561. The van der Waals surface area contributed by atoms with Crippen molar-refractivity contribution in [3.63, 3.8) is 0 Å². The number of amides is 1. The van der Waals surface area contributed by atoms with Crippen molar-refractivity contribution in [3.8, 4) is 0 Å². The molecule has 1 aromatic heterocycles. The molecule has 21 heavy (non-hydrogen) atoms. The Balaban J connectivity index is 2.32. The molecule has 0 aliphatic rings. The second-order valence-corrected chi connectivity index (χ2v) is 5.95. The van der Waals surface area contributed by atoms with Crippen LogP contribution < -0.4 is 10.6 Å². The molecule has 0 atom stereocenters. The van der Waals surface area contributed by atoms with Crippen LogP contribution in [0.5, 0.6) is 0 Å². The quantitative estimate of drug-likeness (QED) is 0.903. The third-order valence-electron chi connectivity index (χ3n) is 3.14. The van der Waals surface area contributed by atoms with Crippen molar-refractivity contribution in [2.45, 2.75) is 26.2 Å². The normalized spacial score (nSPS) is 11.0. The largest absolute Gasteiger partial charge is 0.373 e. The first-order valence-electron chi connectivity index (χ1n) is 6.97. The van der Waals surface area contributed by atoms with Gasteiger partial charge in [0.25, 0.3) is 5.91 Å². The molecule has 4 nitrogen and oxygen atoms in total. The van der Waals surface area contributed by atoms with Gasteiger partial charge in [-0.1, -0.05) is 39.0 Å². The average molecular weight is 283 g/mol. The number of benzene rings is 1. The van der Waals surface area contributed by atoms with E-state index in [0.29, 0.717) is 11.4 Å². The lowest BCUT2D eigenvalue weighted by Crippen LogP contribution is -2.18. The van der Waals surface area contributed by atoms with Crippen LogP contribution in [0, 0.1) is 0 Å². The Morgan fingerprint density at radius 3 is 2.33 bits per heavy atom. The van der Waals surface area contributed by atoms with E-state index < -0.39 is 0 Å². The van der Waals surface area contributed by atoms with Crippen molar-refractivity contribution < 1.29 is 4.79 Å². The first-order chi connectivity index (χ1) is 9.90.